The van der Waals surface area contributed by atoms with Crippen LogP contribution >= 0.6 is 0 Å². The maximum atomic E-state index is 13.6. The normalized spacial score (nSPS) is 20.6. The summed E-state index contributed by atoms with van der Waals surface area (Å²) in [6, 6.07) is -0.262. The number of cyclic esters (lactones) is 1. The molecule has 198 valence electrons. The fourth-order valence-corrected chi connectivity index (χ4v) is 4.49. The third-order valence-corrected chi connectivity index (χ3v) is 6.46. The molecule has 0 spiro atoms. The highest BCUT2D eigenvalue weighted by Crippen LogP contribution is 2.28. The average molecular weight is 514 g/mol. The van der Waals surface area contributed by atoms with E-state index in [2.05, 4.69) is 21.7 Å². The lowest BCUT2D eigenvalue weighted by atomic mass is 10.0. The number of imidazole rings is 1. The van der Waals surface area contributed by atoms with Gasteiger partial charge >= 0.3 is 23.6 Å². The topological polar surface area (TPSA) is 138 Å². The van der Waals surface area contributed by atoms with Crippen LogP contribution in [0, 0.1) is 11.8 Å². The van der Waals surface area contributed by atoms with E-state index < -0.39 is 35.0 Å². The Kier molecular flexibility index (Phi) is 7.65. The molecule has 2 aromatic rings. The van der Waals surface area contributed by atoms with Crippen LogP contribution in [0.1, 0.15) is 52.7 Å². The summed E-state index contributed by atoms with van der Waals surface area (Å²) in [6.07, 6.45) is 3.37. The zero-order chi connectivity index (χ0) is 26.7. The van der Waals surface area contributed by atoms with Crippen molar-refractivity contribution in [2.75, 3.05) is 19.6 Å². The minimum Gasteiger partial charge on any atom is -0.438 e. The molecule has 2 unspecified atom stereocenters. The van der Waals surface area contributed by atoms with Gasteiger partial charge in [0.15, 0.2) is 17.4 Å². The Morgan fingerprint density at radius 1 is 1.11 bits per heavy atom. The maximum absolute atomic E-state index is 13.6. The second kappa shape index (κ2) is 10.7. The third kappa shape index (κ3) is 5.52. The number of ether oxygens (including phenoxy) is 2. The number of esters is 2. The second-order valence-electron chi connectivity index (χ2n) is 9.28. The van der Waals surface area contributed by atoms with Gasteiger partial charge in [-0.3, -0.25) is 18.8 Å². The summed E-state index contributed by atoms with van der Waals surface area (Å²) >= 11 is 0. The fourth-order valence-electron chi connectivity index (χ4n) is 4.49. The van der Waals surface area contributed by atoms with Crippen molar-refractivity contribution in [1.82, 2.24) is 23.6 Å². The van der Waals surface area contributed by atoms with Crippen molar-refractivity contribution < 1.29 is 24.2 Å². The first-order chi connectivity index (χ1) is 17.6. The van der Waals surface area contributed by atoms with Crippen LogP contribution < -0.4 is 16.0 Å². The van der Waals surface area contributed by atoms with E-state index >= 15 is 0 Å². The number of aryl methyl sites for hydroxylation is 1. The number of carbonyl (C=O) groups is 2. The SMILES string of the molecule is CCC1OC(=O)/C=C/C(=O)Oc2nc3c(c(=O)n(CCC(C)(O)C#CCN4CCCC4)c(=O)n3CC)n21. The van der Waals surface area contributed by atoms with Crippen LogP contribution in [0.5, 0.6) is 6.01 Å². The molecule has 0 radical (unpaired) electrons. The van der Waals surface area contributed by atoms with Gasteiger partial charge in [0.05, 0.1) is 6.54 Å². The molecule has 0 aliphatic carbocycles. The highest BCUT2D eigenvalue weighted by molar-refractivity contribution is 5.93. The minimum absolute atomic E-state index is 0.00719. The zero-order valence-electron chi connectivity index (χ0n) is 21.2. The van der Waals surface area contributed by atoms with E-state index in [1.807, 2.05) is 0 Å². The number of hydrogen-bond donors (Lipinski definition) is 1. The van der Waals surface area contributed by atoms with E-state index in [0.29, 0.717) is 6.54 Å². The summed E-state index contributed by atoms with van der Waals surface area (Å²) in [7, 11) is 0. The van der Waals surface area contributed by atoms with Gasteiger partial charge in [-0.15, -0.1) is 0 Å². The standard InChI is InChI=1S/C25H31N5O7/c1-4-17-30-20-21(26-23(30)37-19(32)10-9-18(31)36-17)28(5-2)24(34)29(22(20)33)16-12-25(3,35)11-8-15-27-13-6-7-14-27/h9-10,17,35H,4-7,12-16H2,1-3H3/b10-9+. The third-order valence-electron chi connectivity index (χ3n) is 6.46. The van der Waals surface area contributed by atoms with Gasteiger partial charge in [0.25, 0.3) is 5.56 Å². The Hall–Kier alpha value is -3.69. The number of hydrogen-bond acceptors (Lipinski definition) is 9. The van der Waals surface area contributed by atoms with E-state index in [4.69, 9.17) is 9.47 Å². The lowest BCUT2D eigenvalue weighted by molar-refractivity contribution is -0.147. The molecule has 0 amide bonds. The number of aromatic nitrogens is 4. The Morgan fingerprint density at radius 3 is 2.49 bits per heavy atom. The molecule has 2 aliphatic heterocycles. The number of likely N-dealkylation sites (tertiary alicyclic amines) is 1. The molecular formula is C25H31N5O7. The molecule has 2 aromatic heterocycles. The quantitative estimate of drug-likeness (QED) is 0.433. The van der Waals surface area contributed by atoms with Crippen molar-refractivity contribution in [2.45, 2.75) is 71.4 Å². The van der Waals surface area contributed by atoms with E-state index in [-0.39, 0.29) is 43.1 Å². The molecule has 0 aromatic carbocycles. The number of rotatable bonds is 6. The van der Waals surface area contributed by atoms with Crippen LogP contribution in [0.15, 0.2) is 21.7 Å². The molecular weight excluding hydrogens is 482 g/mol. The minimum atomic E-state index is -1.43. The molecule has 37 heavy (non-hydrogen) atoms. The van der Waals surface area contributed by atoms with E-state index in [1.165, 1.54) is 9.13 Å². The summed E-state index contributed by atoms with van der Waals surface area (Å²) in [5.74, 6) is 4.19. The molecule has 2 aliphatic rings. The zero-order valence-corrected chi connectivity index (χ0v) is 21.2. The number of aliphatic hydroxyl groups is 1. The van der Waals surface area contributed by atoms with Crippen molar-refractivity contribution in [1.29, 1.82) is 0 Å². The van der Waals surface area contributed by atoms with Gasteiger partial charge in [-0.2, -0.15) is 4.98 Å². The predicted molar refractivity (Wildman–Crippen MR) is 133 cm³/mol. The molecule has 0 saturated carbocycles. The monoisotopic (exact) mass is 513 g/mol. The summed E-state index contributed by atoms with van der Waals surface area (Å²) in [5.41, 5.74) is -2.80. The van der Waals surface area contributed by atoms with Crippen LogP contribution in [0.4, 0.5) is 0 Å². The molecule has 1 saturated heterocycles. The van der Waals surface area contributed by atoms with Crippen molar-refractivity contribution in [3.63, 3.8) is 0 Å². The Bertz CT molecular complexity index is 1410. The van der Waals surface area contributed by atoms with Gasteiger partial charge in [-0.1, -0.05) is 18.8 Å². The van der Waals surface area contributed by atoms with Crippen LogP contribution in [0.3, 0.4) is 0 Å². The largest absolute Gasteiger partial charge is 0.438 e. The first-order valence-electron chi connectivity index (χ1n) is 12.5. The molecule has 2 atom stereocenters. The molecule has 12 nitrogen and oxygen atoms in total. The number of fused-ring (bicyclic) bond motifs is 3. The highest BCUT2D eigenvalue weighted by atomic mass is 16.6. The van der Waals surface area contributed by atoms with Gasteiger partial charge in [0, 0.05) is 38.1 Å². The second-order valence-corrected chi connectivity index (χ2v) is 9.28. The summed E-state index contributed by atoms with van der Waals surface area (Å²) < 4.78 is 14.2. The smallest absolute Gasteiger partial charge is 0.338 e. The van der Waals surface area contributed by atoms with Crippen molar-refractivity contribution in [2.24, 2.45) is 0 Å². The van der Waals surface area contributed by atoms with Gasteiger partial charge in [-0.25, -0.2) is 19.0 Å². The fraction of sp³-hybridized carbons (Fsp3) is 0.560. The maximum Gasteiger partial charge on any atom is 0.338 e. The molecule has 1 fully saturated rings. The van der Waals surface area contributed by atoms with Crippen LogP contribution in [0.2, 0.25) is 0 Å². The molecule has 1 N–H and O–H groups in total. The van der Waals surface area contributed by atoms with Gasteiger partial charge in [-0.05, 0) is 39.8 Å². The van der Waals surface area contributed by atoms with Crippen molar-refractivity contribution in [3.05, 3.63) is 33.0 Å². The average Bonchev–Trinajstić information content (AvgIpc) is 3.49. The number of nitrogens with zero attached hydrogens (tertiary/aromatic N) is 5. The van der Waals surface area contributed by atoms with E-state index in [9.17, 15) is 24.3 Å². The first-order valence-corrected chi connectivity index (χ1v) is 12.5. The van der Waals surface area contributed by atoms with Crippen molar-refractivity contribution in [3.8, 4) is 17.9 Å². The van der Waals surface area contributed by atoms with Crippen LogP contribution in [-0.4, -0.2) is 65.9 Å². The molecule has 4 heterocycles. The highest BCUT2D eigenvalue weighted by Gasteiger charge is 2.30. The molecule has 0 bridgehead atoms. The molecule has 12 heteroatoms. The molecule has 4 rings (SSSR count). The summed E-state index contributed by atoms with van der Waals surface area (Å²) in [4.78, 5) is 57.7. The number of carbonyl (C=O) groups excluding carboxylic acids is 2. The Labute approximate surface area is 213 Å². The summed E-state index contributed by atoms with van der Waals surface area (Å²) in [6.45, 7) is 7.56. The van der Waals surface area contributed by atoms with Gasteiger partial charge in [0.1, 0.15) is 5.60 Å². The Balaban J connectivity index is 1.75. The lowest BCUT2D eigenvalue weighted by Crippen LogP contribution is -2.42. The van der Waals surface area contributed by atoms with Gasteiger partial charge in [0.2, 0.25) is 0 Å². The van der Waals surface area contributed by atoms with Crippen LogP contribution in [0.25, 0.3) is 11.2 Å². The van der Waals surface area contributed by atoms with Gasteiger partial charge < -0.3 is 14.6 Å². The van der Waals surface area contributed by atoms with Crippen molar-refractivity contribution >= 4 is 23.1 Å². The predicted octanol–water partition coefficient (Wildman–Crippen LogP) is 0.547. The van der Waals surface area contributed by atoms with E-state index in [1.54, 1.807) is 20.8 Å². The first kappa shape index (κ1) is 26.4. The van der Waals surface area contributed by atoms with E-state index in [0.717, 1.165) is 42.7 Å². The lowest BCUT2D eigenvalue weighted by Gasteiger charge is -2.20. The van der Waals surface area contributed by atoms with Crippen LogP contribution in [-0.2, 0) is 27.4 Å². The summed E-state index contributed by atoms with van der Waals surface area (Å²) in [5, 5.41) is 10.8. The Morgan fingerprint density at radius 2 is 1.81 bits per heavy atom.